The van der Waals surface area contributed by atoms with Crippen LogP contribution in [0.3, 0.4) is 0 Å². The largest absolute Gasteiger partial charge is 0.378 e. The topological polar surface area (TPSA) is 64.3 Å². The number of carbonyl (C=O) groups excluding carboxylic acids is 1. The molecule has 3 rings (SSSR count). The first-order valence-corrected chi connectivity index (χ1v) is 8.82. The Labute approximate surface area is 140 Å². The SMILES string of the molecule is CCOC1CC(NC(=O)C2(N)CCCC2)C12CCCCC2.Cl. The van der Waals surface area contributed by atoms with E-state index >= 15 is 0 Å². The summed E-state index contributed by atoms with van der Waals surface area (Å²) in [6, 6.07) is 0.280. The summed E-state index contributed by atoms with van der Waals surface area (Å²) in [7, 11) is 0. The number of carbonyl (C=O) groups is 1. The number of nitrogens with two attached hydrogens (primary N) is 1. The zero-order valence-electron chi connectivity index (χ0n) is 13.7. The summed E-state index contributed by atoms with van der Waals surface area (Å²) < 4.78 is 5.95. The van der Waals surface area contributed by atoms with Crippen LogP contribution in [0, 0.1) is 5.41 Å². The highest BCUT2D eigenvalue weighted by Gasteiger charge is 2.56. The maximum absolute atomic E-state index is 12.6. The fraction of sp³-hybridized carbons (Fsp3) is 0.941. The summed E-state index contributed by atoms with van der Waals surface area (Å²) in [4.78, 5) is 12.6. The Morgan fingerprint density at radius 3 is 2.32 bits per heavy atom. The van der Waals surface area contributed by atoms with Gasteiger partial charge in [-0.2, -0.15) is 0 Å². The summed E-state index contributed by atoms with van der Waals surface area (Å²) in [5, 5.41) is 3.30. The highest BCUT2D eigenvalue weighted by molar-refractivity contribution is 5.86. The van der Waals surface area contributed by atoms with Gasteiger partial charge in [0.1, 0.15) is 0 Å². The number of ether oxygens (including phenoxy) is 1. The van der Waals surface area contributed by atoms with Gasteiger partial charge in [0, 0.05) is 18.1 Å². The van der Waals surface area contributed by atoms with E-state index in [1.807, 2.05) is 0 Å². The second kappa shape index (κ2) is 7.06. The van der Waals surface area contributed by atoms with Crippen molar-refractivity contribution in [1.82, 2.24) is 5.32 Å². The van der Waals surface area contributed by atoms with Gasteiger partial charge in [0.2, 0.25) is 5.91 Å². The lowest BCUT2D eigenvalue weighted by Gasteiger charge is -2.58. The van der Waals surface area contributed by atoms with Gasteiger partial charge in [-0.3, -0.25) is 4.79 Å². The first kappa shape index (κ1) is 18.0. The zero-order valence-corrected chi connectivity index (χ0v) is 14.6. The quantitative estimate of drug-likeness (QED) is 0.833. The molecular formula is C17H31ClN2O2. The lowest BCUT2D eigenvalue weighted by Crippen LogP contribution is -2.68. The minimum Gasteiger partial charge on any atom is -0.378 e. The highest BCUT2D eigenvalue weighted by atomic mass is 35.5. The molecule has 3 N–H and O–H groups in total. The van der Waals surface area contributed by atoms with Crippen LogP contribution in [0.15, 0.2) is 0 Å². The van der Waals surface area contributed by atoms with Crippen LogP contribution in [-0.2, 0) is 9.53 Å². The van der Waals surface area contributed by atoms with Crippen molar-refractivity contribution in [3.63, 3.8) is 0 Å². The van der Waals surface area contributed by atoms with Crippen LogP contribution in [0.1, 0.15) is 71.1 Å². The van der Waals surface area contributed by atoms with Crippen LogP contribution < -0.4 is 11.1 Å². The Bertz CT molecular complexity index is 390. The molecule has 3 aliphatic carbocycles. The number of halogens is 1. The molecule has 0 aromatic rings. The van der Waals surface area contributed by atoms with E-state index < -0.39 is 5.54 Å². The van der Waals surface area contributed by atoms with Crippen molar-refractivity contribution in [3.8, 4) is 0 Å². The Kier molecular flexibility index (Phi) is 5.79. The molecule has 2 unspecified atom stereocenters. The maximum Gasteiger partial charge on any atom is 0.240 e. The van der Waals surface area contributed by atoms with Crippen LogP contribution in [0.2, 0.25) is 0 Å². The fourth-order valence-electron chi connectivity index (χ4n) is 4.80. The first-order chi connectivity index (χ1) is 10.1. The average molecular weight is 331 g/mol. The minimum atomic E-state index is -0.605. The van der Waals surface area contributed by atoms with E-state index in [-0.39, 0.29) is 29.8 Å². The summed E-state index contributed by atoms with van der Waals surface area (Å²) in [6.07, 6.45) is 11.4. The first-order valence-electron chi connectivity index (χ1n) is 8.82. The molecule has 3 fully saturated rings. The molecule has 2 atom stereocenters. The molecule has 5 heteroatoms. The molecule has 1 spiro atoms. The van der Waals surface area contributed by atoms with Crippen LogP contribution in [-0.4, -0.2) is 30.2 Å². The molecule has 128 valence electrons. The summed E-state index contributed by atoms with van der Waals surface area (Å²) in [5.74, 6) is 0.0879. The van der Waals surface area contributed by atoms with Gasteiger partial charge in [0.25, 0.3) is 0 Å². The van der Waals surface area contributed by atoms with Crippen molar-refractivity contribution in [2.45, 2.75) is 88.8 Å². The minimum absolute atomic E-state index is 0. The molecule has 0 aromatic heterocycles. The molecule has 3 saturated carbocycles. The number of hydrogen-bond acceptors (Lipinski definition) is 3. The molecule has 0 heterocycles. The number of amides is 1. The van der Waals surface area contributed by atoms with Crippen molar-refractivity contribution in [3.05, 3.63) is 0 Å². The molecule has 0 aromatic carbocycles. The van der Waals surface area contributed by atoms with E-state index in [1.165, 1.54) is 32.1 Å². The Morgan fingerprint density at radius 1 is 1.14 bits per heavy atom. The number of hydrogen-bond donors (Lipinski definition) is 2. The Balaban J connectivity index is 0.00000176. The highest BCUT2D eigenvalue weighted by Crippen LogP contribution is 2.53. The van der Waals surface area contributed by atoms with Gasteiger partial charge in [-0.15, -0.1) is 12.4 Å². The van der Waals surface area contributed by atoms with Crippen LogP contribution in [0.25, 0.3) is 0 Å². The maximum atomic E-state index is 12.6. The van der Waals surface area contributed by atoms with E-state index in [2.05, 4.69) is 12.2 Å². The second-order valence-electron chi connectivity index (χ2n) is 7.36. The Morgan fingerprint density at radius 2 is 1.73 bits per heavy atom. The summed E-state index contributed by atoms with van der Waals surface area (Å²) >= 11 is 0. The molecule has 0 saturated heterocycles. The van der Waals surface area contributed by atoms with Gasteiger partial charge in [0.05, 0.1) is 11.6 Å². The molecular weight excluding hydrogens is 300 g/mol. The van der Waals surface area contributed by atoms with Crippen molar-refractivity contribution >= 4 is 18.3 Å². The lowest BCUT2D eigenvalue weighted by molar-refractivity contribution is -0.159. The molecule has 22 heavy (non-hydrogen) atoms. The van der Waals surface area contributed by atoms with Crippen LogP contribution in [0.5, 0.6) is 0 Å². The van der Waals surface area contributed by atoms with Gasteiger partial charge in [-0.25, -0.2) is 0 Å². The number of rotatable bonds is 4. The third kappa shape index (κ3) is 3.02. The van der Waals surface area contributed by atoms with Crippen molar-refractivity contribution in [1.29, 1.82) is 0 Å². The van der Waals surface area contributed by atoms with Crippen LogP contribution >= 0.6 is 12.4 Å². The molecule has 0 aliphatic heterocycles. The summed E-state index contributed by atoms with van der Waals surface area (Å²) in [6.45, 7) is 2.84. The van der Waals surface area contributed by atoms with E-state index in [9.17, 15) is 4.79 Å². The smallest absolute Gasteiger partial charge is 0.240 e. The van der Waals surface area contributed by atoms with E-state index in [0.29, 0.717) is 6.10 Å². The predicted octanol–water partition coefficient (Wildman–Crippen LogP) is 2.92. The average Bonchev–Trinajstić information content (AvgIpc) is 2.95. The molecule has 1 amide bonds. The normalized spacial score (nSPS) is 32.1. The molecule has 0 bridgehead atoms. The van der Waals surface area contributed by atoms with Gasteiger partial charge in [-0.05, 0) is 39.0 Å². The Hall–Kier alpha value is -0.320. The molecule has 0 radical (unpaired) electrons. The summed E-state index contributed by atoms with van der Waals surface area (Å²) in [5.41, 5.74) is 5.89. The van der Waals surface area contributed by atoms with Crippen LogP contribution in [0.4, 0.5) is 0 Å². The van der Waals surface area contributed by atoms with E-state index in [0.717, 1.165) is 38.7 Å². The number of nitrogens with one attached hydrogen (secondary N) is 1. The third-order valence-electron chi connectivity index (χ3n) is 6.19. The van der Waals surface area contributed by atoms with Crippen molar-refractivity contribution in [2.75, 3.05) is 6.61 Å². The predicted molar refractivity (Wildman–Crippen MR) is 90.1 cm³/mol. The van der Waals surface area contributed by atoms with Gasteiger partial charge < -0.3 is 15.8 Å². The molecule has 4 nitrogen and oxygen atoms in total. The van der Waals surface area contributed by atoms with Crippen molar-refractivity contribution < 1.29 is 9.53 Å². The standard InChI is InChI=1S/C17H30N2O2.ClH/c1-2-21-14-12-13(16(14)8-4-3-5-9-16)19-15(20)17(18)10-6-7-11-17;/h13-14H,2-12,18H2,1H3,(H,19,20);1H. The molecule has 3 aliphatic rings. The van der Waals surface area contributed by atoms with Gasteiger partial charge in [-0.1, -0.05) is 32.1 Å². The zero-order chi connectivity index (χ0) is 14.9. The van der Waals surface area contributed by atoms with E-state index in [4.69, 9.17) is 10.5 Å². The fourth-order valence-corrected chi connectivity index (χ4v) is 4.80. The monoisotopic (exact) mass is 330 g/mol. The van der Waals surface area contributed by atoms with Gasteiger partial charge >= 0.3 is 0 Å². The lowest BCUT2D eigenvalue weighted by atomic mass is 9.55. The van der Waals surface area contributed by atoms with Crippen molar-refractivity contribution in [2.24, 2.45) is 11.1 Å². The van der Waals surface area contributed by atoms with Gasteiger partial charge in [0.15, 0.2) is 0 Å². The third-order valence-corrected chi connectivity index (χ3v) is 6.19. The van der Waals surface area contributed by atoms with E-state index in [1.54, 1.807) is 0 Å². The second-order valence-corrected chi connectivity index (χ2v) is 7.36.